The molecule has 0 aromatic heterocycles. The van der Waals surface area contributed by atoms with Crippen LogP contribution in [-0.4, -0.2) is 14.1 Å². The van der Waals surface area contributed by atoms with Gasteiger partial charge in [0.05, 0.1) is 11.4 Å². The van der Waals surface area contributed by atoms with Crippen LogP contribution < -0.4 is 16.4 Å². The van der Waals surface area contributed by atoms with Gasteiger partial charge in [0.15, 0.2) is 0 Å². The van der Waals surface area contributed by atoms with Gasteiger partial charge in [0.1, 0.15) is 0 Å². The highest BCUT2D eigenvalue weighted by atomic mass is 14.9. The molecule has 0 saturated heterocycles. The Bertz CT molecular complexity index is 700. The molecule has 4 N–H and O–H groups in total. The minimum atomic E-state index is 0.769. The Morgan fingerprint density at radius 3 is 2.35 bits per heavy atom. The molecule has 0 unspecified atom stereocenters. The summed E-state index contributed by atoms with van der Waals surface area (Å²) in [5, 5.41) is 6.34. The smallest absolute Gasteiger partial charge is 0.0580 e. The first kappa shape index (κ1) is 16.7. The first-order valence-electron chi connectivity index (χ1n) is 7.82. The van der Waals surface area contributed by atoms with Gasteiger partial charge in [0, 0.05) is 19.8 Å². The van der Waals surface area contributed by atoms with Crippen LogP contribution >= 0.6 is 0 Å². The Morgan fingerprint density at radius 2 is 1.70 bits per heavy atom. The van der Waals surface area contributed by atoms with E-state index in [4.69, 9.17) is 5.73 Å². The molecule has 0 amide bonds. The van der Waals surface area contributed by atoms with E-state index in [-0.39, 0.29) is 0 Å². The van der Waals surface area contributed by atoms with Crippen molar-refractivity contribution < 1.29 is 0 Å². The molecule has 0 aliphatic heterocycles. The molecular weight excluding hydrogens is 282 g/mol. The molecule has 3 nitrogen and oxygen atoms in total. The number of rotatable bonds is 6. The summed E-state index contributed by atoms with van der Waals surface area (Å²) in [6.45, 7) is 2.08. The van der Waals surface area contributed by atoms with Gasteiger partial charge in [0.2, 0.25) is 0 Å². The van der Waals surface area contributed by atoms with Crippen LogP contribution in [0.2, 0.25) is 0 Å². The van der Waals surface area contributed by atoms with Crippen LogP contribution in [0.3, 0.4) is 0 Å². The Labute approximate surface area is 138 Å². The minimum Gasteiger partial charge on any atom is -0.398 e. The van der Waals surface area contributed by atoms with Crippen LogP contribution in [0.15, 0.2) is 66.3 Å². The van der Waals surface area contributed by atoms with Gasteiger partial charge >= 0.3 is 0 Å². The fraction of sp³-hybridized carbons (Fsp3) is 0.200. The summed E-state index contributed by atoms with van der Waals surface area (Å²) in [6, 6.07) is 16.5. The second-order valence-corrected chi connectivity index (χ2v) is 5.50. The van der Waals surface area contributed by atoms with Crippen molar-refractivity contribution in [2.75, 3.05) is 24.7 Å². The van der Waals surface area contributed by atoms with Gasteiger partial charge in [-0.2, -0.15) is 0 Å². The molecule has 0 heterocycles. The van der Waals surface area contributed by atoms with Crippen LogP contribution in [-0.2, 0) is 6.42 Å². The van der Waals surface area contributed by atoms with Crippen molar-refractivity contribution >= 4 is 17.1 Å². The zero-order valence-electron chi connectivity index (χ0n) is 14.1. The van der Waals surface area contributed by atoms with Crippen molar-refractivity contribution in [3.63, 3.8) is 0 Å². The number of hydrogen-bond donors (Lipinski definition) is 3. The van der Waals surface area contributed by atoms with E-state index in [0.29, 0.717) is 0 Å². The summed E-state index contributed by atoms with van der Waals surface area (Å²) in [4.78, 5) is 0. The van der Waals surface area contributed by atoms with Crippen LogP contribution in [0.1, 0.15) is 18.1 Å². The number of hydrogen-bond acceptors (Lipinski definition) is 3. The Kier molecular flexibility index (Phi) is 5.87. The molecule has 2 aromatic carbocycles. The lowest BCUT2D eigenvalue weighted by Gasteiger charge is -2.11. The third-order valence-corrected chi connectivity index (χ3v) is 3.78. The number of nitrogens with two attached hydrogens (primary N) is 1. The molecule has 2 aromatic rings. The summed E-state index contributed by atoms with van der Waals surface area (Å²) < 4.78 is 0. The van der Waals surface area contributed by atoms with E-state index < -0.39 is 0 Å². The Hall–Kier alpha value is -2.68. The zero-order chi connectivity index (χ0) is 16.7. The van der Waals surface area contributed by atoms with Crippen molar-refractivity contribution in [1.82, 2.24) is 0 Å². The lowest BCUT2D eigenvalue weighted by molar-refractivity contribution is 1.24. The summed E-state index contributed by atoms with van der Waals surface area (Å²) in [5.74, 6) is 0. The van der Waals surface area contributed by atoms with E-state index in [2.05, 4.69) is 54.0 Å². The molecule has 0 bridgehead atoms. The summed E-state index contributed by atoms with van der Waals surface area (Å²) in [6.07, 6.45) is 5.14. The minimum absolute atomic E-state index is 0.769. The summed E-state index contributed by atoms with van der Waals surface area (Å²) >= 11 is 0. The SMILES string of the molecule is CNc1ccc(/C(N)=C/C(C)=C\Cc2ccccc2)cc1NC. The molecule has 0 atom stereocenters. The topological polar surface area (TPSA) is 50.1 Å². The lowest BCUT2D eigenvalue weighted by Crippen LogP contribution is -2.01. The number of anilines is 2. The summed E-state index contributed by atoms with van der Waals surface area (Å²) in [5.41, 5.74) is 12.6. The molecule has 0 saturated carbocycles. The maximum absolute atomic E-state index is 6.25. The van der Waals surface area contributed by atoms with Gasteiger partial charge in [-0.25, -0.2) is 0 Å². The zero-order valence-corrected chi connectivity index (χ0v) is 14.1. The molecule has 0 spiro atoms. The largest absolute Gasteiger partial charge is 0.398 e. The molecule has 0 aliphatic rings. The molecular formula is C20H25N3. The van der Waals surface area contributed by atoms with Crippen LogP contribution in [0, 0.1) is 0 Å². The van der Waals surface area contributed by atoms with E-state index in [1.54, 1.807) is 0 Å². The van der Waals surface area contributed by atoms with E-state index in [9.17, 15) is 0 Å². The average Bonchev–Trinajstić information content (AvgIpc) is 2.60. The van der Waals surface area contributed by atoms with Crippen LogP contribution in [0.25, 0.3) is 5.70 Å². The van der Waals surface area contributed by atoms with Crippen molar-refractivity contribution in [3.05, 3.63) is 77.4 Å². The first-order chi connectivity index (χ1) is 11.1. The van der Waals surface area contributed by atoms with Gasteiger partial charge in [-0.15, -0.1) is 0 Å². The van der Waals surface area contributed by atoms with E-state index in [1.165, 1.54) is 5.56 Å². The number of allylic oxidation sites excluding steroid dienone is 3. The fourth-order valence-electron chi connectivity index (χ4n) is 2.43. The fourth-order valence-corrected chi connectivity index (χ4v) is 2.43. The summed E-state index contributed by atoms with van der Waals surface area (Å²) in [7, 11) is 3.82. The van der Waals surface area contributed by atoms with Gasteiger partial charge in [0.25, 0.3) is 0 Å². The first-order valence-corrected chi connectivity index (χ1v) is 7.82. The third-order valence-electron chi connectivity index (χ3n) is 3.78. The monoisotopic (exact) mass is 307 g/mol. The predicted octanol–water partition coefficient (Wildman–Crippen LogP) is 4.26. The predicted molar refractivity (Wildman–Crippen MR) is 102 cm³/mol. The van der Waals surface area contributed by atoms with Crippen molar-refractivity contribution in [2.45, 2.75) is 13.3 Å². The Balaban J connectivity index is 2.15. The molecule has 2 rings (SSSR count). The van der Waals surface area contributed by atoms with Gasteiger partial charge in [-0.3, -0.25) is 0 Å². The van der Waals surface area contributed by atoms with Gasteiger partial charge in [-0.05, 0) is 42.7 Å². The standard InChI is InChI=1S/C20H25N3/c1-15(9-10-16-7-5-4-6-8-16)13-18(21)17-11-12-19(22-2)20(14-17)23-3/h4-9,11-14,22-23H,10,21H2,1-3H3/b15-9-,18-13-. The van der Waals surface area contributed by atoms with E-state index in [1.807, 2.05) is 38.4 Å². The van der Waals surface area contributed by atoms with Gasteiger partial charge < -0.3 is 16.4 Å². The maximum Gasteiger partial charge on any atom is 0.0580 e. The molecule has 3 heteroatoms. The van der Waals surface area contributed by atoms with Crippen LogP contribution in [0.5, 0.6) is 0 Å². The van der Waals surface area contributed by atoms with E-state index in [0.717, 1.165) is 34.6 Å². The number of nitrogens with one attached hydrogen (secondary N) is 2. The third kappa shape index (κ3) is 4.65. The maximum atomic E-state index is 6.25. The second-order valence-electron chi connectivity index (χ2n) is 5.50. The molecule has 120 valence electrons. The van der Waals surface area contributed by atoms with Crippen molar-refractivity contribution in [2.24, 2.45) is 5.73 Å². The molecule has 23 heavy (non-hydrogen) atoms. The van der Waals surface area contributed by atoms with Crippen LogP contribution in [0.4, 0.5) is 11.4 Å². The quantitative estimate of drug-likeness (QED) is 0.699. The average molecular weight is 307 g/mol. The van der Waals surface area contributed by atoms with Crippen molar-refractivity contribution in [3.8, 4) is 0 Å². The number of benzene rings is 2. The Morgan fingerprint density at radius 1 is 1.00 bits per heavy atom. The van der Waals surface area contributed by atoms with E-state index >= 15 is 0 Å². The highest BCUT2D eigenvalue weighted by Crippen LogP contribution is 2.25. The normalized spacial score (nSPS) is 12.1. The molecule has 0 fully saturated rings. The highest BCUT2D eigenvalue weighted by Gasteiger charge is 2.03. The highest BCUT2D eigenvalue weighted by molar-refractivity contribution is 5.76. The lowest BCUT2D eigenvalue weighted by atomic mass is 10.1. The van der Waals surface area contributed by atoms with Gasteiger partial charge in [-0.1, -0.05) is 48.0 Å². The molecule has 0 radical (unpaired) electrons. The van der Waals surface area contributed by atoms with Crippen molar-refractivity contribution in [1.29, 1.82) is 0 Å². The second kappa shape index (κ2) is 8.08. The molecule has 0 aliphatic carbocycles.